The molecule has 0 unspecified atom stereocenters. The molecule has 0 radical (unpaired) electrons. The summed E-state index contributed by atoms with van der Waals surface area (Å²) >= 11 is 6.18. The lowest BCUT2D eigenvalue weighted by atomic mass is 10.2. The number of thiocarbonyl (C=S) groups is 1. The molecule has 2 heterocycles. The number of pyridine rings is 1. The van der Waals surface area contributed by atoms with Gasteiger partial charge in [0.15, 0.2) is 4.32 Å². The van der Waals surface area contributed by atoms with E-state index in [9.17, 15) is 25.0 Å². The number of non-ortho nitro benzene ring substituents is 1. The van der Waals surface area contributed by atoms with E-state index in [0.717, 1.165) is 35.0 Å². The van der Waals surface area contributed by atoms with E-state index in [2.05, 4.69) is 10.4 Å². The predicted molar refractivity (Wildman–Crippen MR) is 103 cm³/mol. The first kappa shape index (κ1) is 18.4. The summed E-state index contributed by atoms with van der Waals surface area (Å²) < 4.78 is 0.141. The number of carbonyl (C=O) groups excluding carboxylic acids is 1. The van der Waals surface area contributed by atoms with Crippen molar-refractivity contribution in [1.29, 1.82) is 0 Å². The maximum absolute atomic E-state index is 12.6. The third-order valence-corrected chi connectivity index (χ3v) is 4.70. The van der Waals surface area contributed by atoms with Crippen molar-refractivity contribution in [3.63, 3.8) is 0 Å². The van der Waals surface area contributed by atoms with Crippen LogP contribution in [-0.4, -0.2) is 30.1 Å². The Balaban J connectivity index is 1.89. The van der Waals surface area contributed by atoms with Gasteiger partial charge in [0.2, 0.25) is 0 Å². The molecule has 0 saturated carbocycles. The van der Waals surface area contributed by atoms with Gasteiger partial charge in [-0.05, 0) is 36.0 Å². The first-order chi connectivity index (χ1) is 12.9. The highest BCUT2D eigenvalue weighted by atomic mass is 32.2. The van der Waals surface area contributed by atoms with E-state index in [4.69, 9.17) is 12.2 Å². The second-order valence-electron chi connectivity index (χ2n) is 5.13. The summed E-state index contributed by atoms with van der Waals surface area (Å²) in [6.45, 7) is 0. The minimum absolute atomic E-state index is 0.0930. The van der Waals surface area contributed by atoms with Crippen LogP contribution in [0.3, 0.4) is 0 Å². The van der Waals surface area contributed by atoms with Crippen molar-refractivity contribution in [2.45, 2.75) is 0 Å². The number of hydrogen-bond donors (Lipinski definition) is 1. The molecule has 2 aromatic rings. The van der Waals surface area contributed by atoms with Crippen molar-refractivity contribution in [2.75, 3.05) is 5.43 Å². The van der Waals surface area contributed by atoms with E-state index in [1.807, 2.05) is 0 Å². The fraction of sp³-hybridized carbons (Fsp3) is 0. The van der Waals surface area contributed by atoms with Crippen LogP contribution in [0.2, 0.25) is 0 Å². The van der Waals surface area contributed by atoms with E-state index >= 15 is 0 Å². The zero-order valence-electron chi connectivity index (χ0n) is 13.3. The number of hydrazine groups is 1. The first-order valence-electron chi connectivity index (χ1n) is 7.24. The molecule has 0 aliphatic carbocycles. The van der Waals surface area contributed by atoms with Crippen LogP contribution in [0.5, 0.6) is 0 Å². The number of thioether (sulfide) groups is 1. The predicted octanol–water partition coefficient (Wildman–Crippen LogP) is 3.13. The SMILES string of the molecule is O=C1/C(=C\c2cccnc2)SC(=S)N1Nc1ccc([N+](=O)[O-])cc1[N+](=O)[O-]. The van der Waals surface area contributed by atoms with Crippen molar-refractivity contribution < 1.29 is 14.6 Å². The van der Waals surface area contributed by atoms with Crippen LogP contribution in [0.15, 0.2) is 47.6 Å². The Morgan fingerprint density at radius 3 is 2.63 bits per heavy atom. The summed E-state index contributed by atoms with van der Waals surface area (Å²) in [4.78, 5) is 37.3. The molecule has 1 saturated heterocycles. The highest BCUT2D eigenvalue weighted by Crippen LogP contribution is 2.35. The first-order valence-corrected chi connectivity index (χ1v) is 8.47. The number of nitrogens with zero attached hydrogens (tertiary/aromatic N) is 4. The van der Waals surface area contributed by atoms with Crippen molar-refractivity contribution in [3.05, 3.63) is 73.4 Å². The molecule has 3 rings (SSSR count). The van der Waals surface area contributed by atoms with E-state index in [1.165, 1.54) is 0 Å². The normalized spacial score (nSPS) is 15.3. The number of nitro groups is 2. The molecule has 0 atom stereocenters. The zero-order chi connectivity index (χ0) is 19.6. The van der Waals surface area contributed by atoms with E-state index in [-0.39, 0.29) is 10.0 Å². The minimum atomic E-state index is -0.779. The van der Waals surface area contributed by atoms with Crippen molar-refractivity contribution in [2.24, 2.45) is 0 Å². The number of amides is 1. The van der Waals surface area contributed by atoms with Crippen LogP contribution in [-0.2, 0) is 4.79 Å². The Morgan fingerprint density at radius 1 is 1.22 bits per heavy atom. The molecule has 0 spiro atoms. The smallest absolute Gasteiger partial charge is 0.283 e. The highest BCUT2D eigenvalue weighted by molar-refractivity contribution is 8.26. The Bertz CT molecular complexity index is 995. The molecule has 0 bridgehead atoms. The van der Waals surface area contributed by atoms with Crippen molar-refractivity contribution in [3.8, 4) is 0 Å². The van der Waals surface area contributed by atoms with Gasteiger partial charge in [-0.15, -0.1) is 0 Å². The van der Waals surface area contributed by atoms with E-state index in [1.54, 1.807) is 30.6 Å². The number of rotatable bonds is 5. The van der Waals surface area contributed by atoms with Crippen LogP contribution in [0.1, 0.15) is 5.56 Å². The van der Waals surface area contributed by atoms with Gasteiger partial charge in [-0.1, -0.05) is 17.8 Å². The molecular formula is C15H9N5O5S2. The monoisotopic (exact) mass is 403 g/mol. The second-order valence-corrected chi connectivity index (χ2v) is 6.81. The molecule has 1 aliphatic rings. The number of aromatic nitrogens is 1. The third kappa shape index (κ3) is 3.91. The molecule has 1 aliphatic heterocycles. The average molecular weight is 403 g/mol. The number of anilines is 1. The molecule has 1 fully saturated rings. The number of carbonyl (C=O) groups is 1. The summed E-state index contributed by atoms with van der Waals surface area (Å²) in [5.41, 5.74) is 2.19. The van der Waals surface area contributed by atoms with Gasteiger partial charge < -0.3 is 0 Å². The van der Waals surface area contributed by atoms with Crippen LogP contribution < -0.4 is 5.43 Å². The molecule has 1 aromatic carbocycles. The molecule has 12 heteroatoms. The maximum Gasteiger partial charge on any atom is 0.300 e. The number of nitrogens with one attached hydrogen (secondary N) is 1. The lowest BCUT2D eigenvalue weighted by molar-refractivity contribution is -0.393. The van der Waals surface area contributed by atoms with Gasteiger partial charge in [-0.25, -0.2) is 5.01 Å². The van der Waals surface area contributed by atoms with Gasteiger partial charge >= 0.3 is 5.69 Å². The second kappa shape index (κ2) is 7.47. The minimum Gasteiger partial charge on any atom is -0.283 e. The van der Waals surface area contributed by atoms with Crippen molar-refractivity contribution in [1.82, 2.24) is 9.99 Å². The number of benzene rings is 1. The summed E-state index contributed by atoms with van der Waals surface area (Å²) in [7, 11) is 0. The Kier molecular flexibility index (Phi) is 5.09. The number of hydrogen-bond acceptors (Lipinski definition) is 9. The summed E-state index contributed by atoms with van der Waals surface area (Å²) in [5.74, 6) is -0.499. The van der Waals surface area contributed by atoms with Crippen LogP contribution in [0.4, 0.5) is 17.1 Å². The fourth-order valence-electron chi connectivity index (χ4n) is 2.18. The topological polar surface area (TPSA) is 132 Å². The van der Waals surface area contributed by atoms with Gasteiger partial charge in [-0.3, -0.25) is 35.4 Å². The van der Waals surface area contributed by atoms with Crippen molar-refractivity contribution >= 4 is 57.3 Å². The standard InChI is InChI=1S/C15H9N5O5S2/c21-14-13(6-9-2-1-5-16-8-9)27-15(26)18(14)17-11-4-3-10(19(22)23)7-12(11)20(24)25/h1-8,17H/b13-6+. The van der Waals surface area contributed by atoms with Crippen LogP contribution >= 0.6 is 24.0 Å². The molecule has 1 aromatic heterocycles. The Morgan fingerprint density at radius 2 is 2.00 bits per heavy atom. The lowest BCUT2D eigenvalue weighted by Crippen LogP contribution is -2.34. The molecule has 136 valence electrons. The quantitative estimate of drug-likeness (QED) is 0.346. The van der Waals surface area contributed by atoms with E-state index < -0.39 is 27.1 Å². The van der Waals surface area contributed by atoms with Gasteiger partial charge in [0.05, 0.1) is 20.8 Å². The third-order valence-electron chi connectivity index (χ3n) is 3.40. The molecule has 10 nitrogen and oxygen atoms in total. The van der Waals surface area contributed by atoms with E-state index in [0.29, 0.717) is 10.5 Å². The molecular weight excluding hydrogens is 394 g/mol. The fourth-order valence-corrected chi connectivity index (χ4v) is 3.36. The molecule has 1 N–H and O–H groups in total. The molecule has 1 amide bonds. The van der Waals surface area contributed by atoms with Crippen LogP contribution in [0, 0.1) is 20.2 Å². The highest BCUT2D eigenvalue weighted by Gasteiger charge is 2.34. The van der Waals surface area contributed by atoms with Crippen LogP contribution in [0.25, 0.3) is 6.08 Å². The summed E-state index contributed by atoms with van der Waals surface area (Å²) in [6, 6.07) is 6.53. The largest absolute Gasteiger partial charge is 0.300 e. The lowest BCUT2D eigenvalue weighted by Gasteiger charge is -2.16. The zero-order valence-corrected chi connectivity index (χ0v) is 14.9. The van der Waals surface area contributed by atoms with Gasteiger partial charge in [-0.2, -0.15) is 0 Å². The Hall–Kier alpha value is -3.38. The van der Waals surface area contributed by atoms with Gasteiger partial charge in [0.1, 0.15) is 5.69 Å². The number of nitro benzene ring substituents is 2. The Labute approximate surface area is 161 Å². The summed E-state index contributed by atoms with van der Waals surface area (Å²) in [6.07, 6.45) is 4.76. The van der Waals surface area contributed by atoms with Gasteiger partial charge in [0, 0.05) is 18.5 Å². The molecule has 27 heavy (non-hydrogen) atoms. The summed E-state index contributed by atoms with van der Waals surface area (Å²) in [5, 5.41) is 23.0. The maximum atomic E-state index is 12.6. The van der Waals surface area contributed by atoms with Gasteiger partial charge in [0.25, 0.3) is 11.6 Å². The average Bonchev–Trinajstić information content (AvgIpc) is 2.90.